The highest BCUT2D eigenvalue weighted by Gasteiger charge is 2.37. The van der Waals surface area contributed by atoms with Crippen molar-refractivity contribution in [2.45, 2.75) is 78.0 Å². The van der Waals surface area contributed by atoms with Crippen LogP contribution in [0.15, 0.2) is 0 Å². The Balaban J connectivity index is 2.80. The van der Waals surface area contributed by atoms with Crippen LogP contribution in [0, 0.1) is 0 Å². The molecule has 1 rings (SSSR count). The molecule has 4 nitrogen and oxygen atoms in total. The smallest absolute Gasteiger partial charge is 0.410 e. The minimum atomic E-state index is -0.491. The van der Waals surface area contributed by atoms with E-state index in [1.807, 2.05) is 27.7 Å². The van der Waals surface area contributed by atoms with Gasteiger partial charge in [-0.1, -0.05) is 13.3 Å². The van der Waals surface area contributed by atoms with Crippen molar-refractivity contribution >= 4 is 11.9 Å². The van der Waals surface area contributed by atoms with Gasteiger partial charge in [0.15, 0.2) is 0 Å². The summed E-state index contributed by atoms with van der Waals surface area (Å²) in [5.74, 6) is 0.251. The molecule has 0 N–H and O–H groups in total. The van der Waals surface area contributed by atoms with E-state index in [2.05, 4.69) is 6.92 Å². The van der Waals surface area contributed by atoms with Gasteiger partial charge in [-0.15, -0.1) is 0 Å². The van der Waals surface area contributed by atoms with Crippen molar-refractivity contribution in [1.82, 2.24) is 4.90 Å². The second-order valence-electron chi connectivity index (χ2n) is 6.13. The van der Waals surface area contributed by atoms with Crippen LogP contribution in [-0.4, -0.2) is 34.5 Å². The molecule has 1 aliphatic rings. The summed E-state index contributed by atoms with van der Waals surface area (Å²) in [6.07, 6.45) is 2.44. The summed E-state index contributed by atoms with van der Waals surface area (Å²) in [7, 11) is 0. The summed E-state index contributed by atoms with van der Waals surface area (Å²) < 4.78 is 5.44. The van der Waals surface area contributed by atoms with Crippen molar-refractivity contribution in [3.63, 3.8) is 0 Å². The molecule has 2 atom stereocenters. The highest BCUT2D eigenvalue weighted by Crippen LogP contribution is 2.26. The highest BCUT2D eigenvalue weighted by molar-refractivity contribution is 5.83. The molecular formula is C14H25NO3. The van der Waals surface area contributed by atoms with Crippen LogP contribution in [-0.2, 0) is 9.53 Å². The molecule has 104 valence electrons. The minimum absolute atomic E-state index is 0.00102. The number of rotatable bonds is 2. The van der Waals surface area contributed by atoms with Gasteiger partial charge in [-0.05, 0) is 34.1 Å². The predicted molar refractivity (Wildman–Crippen MR) is 70.5 cm³/mol. The predicted octanol–water partition coefficient (Wildman–Crippen LogP) is 3.14. The summed E-state index contributed by atoms with van der Waals surface area (Å²) in [4.78, 5) is 25.6. The number of carbonyl (C=O) groups excluding carboxylic acids is 2. The topological polar surface area (TPSA) is 46.6 Å². The number of nitrogens with zero attached hydrogens (tertiary/aromatic N) is 1. The summed E-state index contributed by atoms with van der Waals surface area (Å²) >= 11 is 0. The third kappa shape index (κ3) is 4.00. The van der Waals surface area contributed by atoms with Crippen LogP contribution in [0.4, 0.5) is 4.79 Å². The first kappa shape index (κ1) is 15.0. The van der Waals surface area contributed by atoms with Gasteiger partial charge in [0.2, 0.25) is 0 Å². The maximum absolute atomic E-state index is 12.2. The third-order valence-electron chi connectivity index (χ3n) is 3.08. The molecule has 0 spiro atoms. The molecule has 0 aliphatic carbocycles. The van der Waals surface area contributed by atoms with Gasteiger partial charge in [0.1, 0.15) is 11.4 Å². The zero-order valence-corrected chi connectivity index (χ0v) is 12.2. The maximum atomic E-state index is 12.2. The van der Waals surface area contributed by atoms with Crippen molar-refractivity contribution in [2.75, 3.05) is 0 Å². The molecule has 4 heteroatoms. The van der Waals surface area contributed by atoms with E-state index in [1.165, 1.54) is 0 Å². The Labute approximate surface area is 110 Å². The molecule has 0 unspecified atom stereocenters. The zero-order chi connectivity index (χ0) is 13.9. The van der Waals surface area contributed by atoms with Crippen molar-refractivity contribution < 1.29 is 14.3 Å². The number of carbonyl (C=O) groups is 2. The van der Waals surface area contributed by atoms with Crippen LogP contribution in [0.2, 0.25) is 0 Å². The number of likely N-dealkylation sites (tertiary alicyclic amines) is 1. The Bertz CT molecular complexity index is 319. The summed E-state index contributed by atoms with van der Waals surface area (Å²) in [6.45, 7) is 9.57. The fraction of sp³-hybridized carbons (Fsp3) is 0.857. The molecule has 1 heterocycles. The van der Waals surface area contributed by atoms with Crippen molar-refractivity contribution in [2.24, 2.45) is 0 Å². The standard InChI is InChI=1S/C14H25NO3/c1-6-7-11-9-12(16)8-10(2)15(11)13(17)18-14(3,4)5/h10-11H,6-9H2,1-5H3/t10-,11+/m0/s1. The van der Waals surface area contributed by atoms with Crippen molar-refractivity contribution in [1.29, 1.82) is 0 Å². The van der Waals surface area contributed by atoms with E-state index in [0.29, 0.717) is 12.8 Å². The second-order valence-corrected chi connectivity index (χ2v) is 6.13. The minimum Gasteiger partial charge on any atom is -0.444 e. The monoisotopic (exact) mass is 255 g/mol. The molecule has 0 radical (unpaired) electrons. The quantitative estimate of drug-likeness (QED) is 0.761. The molecule has 1 amide bonds. The number of amides is 1. The Morgan fingerprint density at radius 2 is 2.00 bits per heavy atom. The average Bonchev–Trinajstić information content (AvgIpc) is 2.13. The molecule has 1 fully saturated rings. The van der Waals surface area contributed by atoms with Crippen LogP contribution in [0.3, 0.4) is 0 Å². The van der Waals surface area contributed by atoms with Gasteiger partial charge in [0, 0.05) is 24.9 Å². The molecule has 18 heavy (non-hydrogen) atoms. The number of piperidine rings is 1. The molecule has 0 bridgehead atoms. The Morgan fingerprint density at radius 3 is 2.50 bits per heavy atom. The Kier molecular flexibility index (Phi) is 4.77. The Hall–Kier alpha value is -1.06. The largest absolute Gasteiger partial charge is 0.444 e. The first-order valence-corrected chi connectivity index (χ1v) is 6.77. The lowest BCUT2D eigenvalue weighted by Gasteiger charge is -2.40. The molecule has 1 saturated heterocycles. The van der Waals surface area contributed by atoms with E-state index < -0.39 is 5.60 Å². The first-order valence-electron chi connectivity index (χ1n) is 6.77. The van der Waals surface area contributed by atoms with Gasteiger partial charge in [0.25, 0.3) is 0 Å². The third-order valence-corrected chi connectivity index (χ3v) is 3.08. The van der Waals surface area contributed by atoms with Crippen molar-refractivity contribution in [3.8, 4) is 0 Å². The number of hydrogen-bond acceptors (Lipinski definition) is 3. The summed E-state index contributed by atoms with van der Waals surface area (Å²) in [6, 6.07) is -0.0567. The molecular weight excluding hydrogens is 230 g/mol. The van der Waals surface area contributed by atoms with E-state index in [1.54, 1.807) is 4.90 Å². The van der Waals surface area contributed by atoms with Crippen LogP contribution < -0.4 is 0 Å². The second kappa shape index (κ2) is 5.72. The van der Waals surface area contributed by atoms with Crippen LogP contribution in [0.5, 0.6) is 0 Å². The summed E-state index contributed by atoms with van der Waals surface area (Å²) in [5.41, 5.74) is -0.491. The van der Waals surface area contributed by atoms with Gasteiger partial charge in [-0.3, -0.25) is 4.79 Å². The lowest BCUT2D eigenvalue weighted by atomic mass is 9.93. The van der Waals surface area contributed by atoms with Gasteiger partial charge in [-0.2, -0.15) is 0 Å². The molecule has 1 aliphatic heterocycles. The van der Waals surface area contributed by atoms with Gasteiger partial charge in [0.05, 0.1) is 0 Å². The van der Waals surface area contributed by atoms with Gasteiger partial charge < -0.3 is 9.64 Å². The molecule has 0 aromatic carbocycles. The molecule has 0 aromatic rings. The van der Waals surface area contributed by atoms with Gasteiger partial charge in [-0.25, -0.2) is 4.79 Å². The maximum Gasteiger partial charge on any atom is 0.410 e. The number of ether oxygens (including phenoxy) is 1. The number of hydrogen-bond donors (Lipinski definition) is 0. The average molecular weight is 255 g/mol. The van der Waals surface area contributed by atoms with E-state index >= 15 is 0 Å². The van der Waals surface area contributed by atoms with Crippen molar-refractivity contribution in [3.05, 3.63) is 0 Å². The Morgan fingerprint density at radius 1 is 1.39 bits per heavy atom. The SMILES string of the molecule is CCC[C@@H]1CC(=O)C[C@H](C)N1C(=O)OC(C)(C)C. The zero-order valence-electron chi connectivity index (χ0n) is 12.2. The van der Waals surface area contributed by atoms with Crippen LogP contribution in [0.25, 0.3) is 0 Å². The fourth-order valence-electron chi connectivity index (χ4n) is 2.45. The van der Waals surface area contributed by atoms with E-state index in [9.17, 15) is 9.59 Å². The highest BCUT2D eigenvalue weighted by atomic mass is 16.6. The van der Waals surface area contributed by atoms with E-state index in [-0.39, 0.29) is 24.0 Å². The summed E-state index contributed by atoms with van der Waals surface area (Å²) in [5, 5.41) is 0. The fourth-order valence-corrected chi connectivity index (χ4v) is 2.45. The molecule has 0 saturated carbocycles. The van der Waals surface area contributed by atoms with Crippen LogP contribution in [0.1, 0.15) is 60.3 Å². The van der Waals surface area contributed by atoms with Gasteiger partial charge >= 0.3 is 6.09 Å². The van der Waals surface area contributed by atoms with Crippen LogP contribution >= 0.6 is 0 Å². The lowest BCUT2D eigenvalue weighted by Crippen LogP contribution is -2.52. The molecule has 0 aromatic heterocycles. The normalized spacial score (nSPS) is 25.2. The first-order chi connectivity index (χ1) is 8.24. The lowest BCUT2D eigenvalue weighted by molar-refractivity contribution is -0.124. The van der Waals surface area contributed by atoms with E-state index in [4.69, 9.17) is 4.74 Å². The number of ketones is 1. The number of Topliss-reactive ketones (excluding diaryl/α,β-unsaturated/α-hetero) is 1. The van der Waals surface area contributed by atoms with E-state index in [0.717, 1.165) is 12.8 Å².